The minimum atomic E-state index is 0.466. The number of aromatic nitrogens is 2. The maximum absolute atomic E-state index is 5.36. The summed E-state index contributed by atoms with van der Waals surface area (Å²) in [6, 6.07) is 13.9. The average molecular weight is 322 g/mol. The summed E-state index contributed by atoms with van der Waals surface area (Å²) >= 11 is 0. The summed E-state index contributed by atoms with van der Waals surface area (Å²) in [7, 11) is 3.23. The number of hydrogen-bond donors (Lipinski definition) is 0. The standard InChI is InChI=1S/C19H18N2O3/c1-13-4-7-15(8-5-13)16(19-20-12-21-24-19)10-14-6-9-17(22-2)18(11-14)23-3/h4-12H,1-3H3/b16-10+. The van der Waals surface area contributed by atoms with E-state index in [1.807, 2.05) is 55.5 Å². The molecule has 5 nitrogen and oxygen atoms in total. The molecule has 0 fully saturated rings. The third-order valence-corrected chi connectivity index (χ3v) is 3.67. The Kier molecular flexibility index (Phi) is 4.61. The summed E-state index contributed by atoms with van der Waals surface area (Å²) in [5.74, 6) is 1.82. The van der Waals surface area contributed by atoms with Gasteiger partial charge in [0.1, 0.15) is 0 Å². The lowest BCUT2D eigenvalue weighted by Crippen LogP contribution is -1.92. The van der Waals surface area contributed by atoms with Crippen LogP contribution in [0.4, 0.5) is 0 Å². The van der Waals surface area contributed by atoms with E-state index in [9.17, 15) is 0 Å². The molecule has 5 heteroatoms. The first-order valence-electron chi connectivity index (χ1n) is 7.49. The minimum absolute atomic E-state index is 0.466. The normalized spacial score (nSPS) is 11.4. The number of hydrogen-bond acceptors (Lipinski definition) is 5. The number of aryl methyl sites for hydroxylation is 1. The molecule has 0 atom stereocenters. The van der Waals surface area contributed by atoms with E-state index in [0.717, 1.165) is 16.7 Å². The van der Waals surface area contributed by atoms with Gasteiger partial charge < -0.3 is 14.0 Å². The van der Waals surface area contributed by atoms with Gasteiger partial charge in [0.15, 0.2) is 17.8 Å². The predicted molar refractivity (Wildman–Crippen MR) is 92.0 cm³/mol. The minimum Gasteiger partial charge on any atom is -0.493 e. The molecule has 1 aromatic heterocycles. The second-order valence-corrected chi connectivity index (χ2v) is 5.28. The van der Waals surface area contributed by atoms with Crippen molar-refractivity contribution in [2.75, 3.05) is 14.2 Å². The quantitative estimate of drug-likeness (QED) is 0.665. The number of benzene rings is 2. The molecular formula is C19H18N2O3. The molecule has 0 aliphatic heterocycles. The highest BCUT2D eigenvalue weighted by Crippen LogP contribution is 2.31. The van der Waals surface area contributed by atoms with Gasteiger partial charge in [0.05, 0.1) is 14.2 Å². The van der Waals surface area contributed by atoms with Gasteiger partial charge in [-0.3, -0.25) is 0 Å². The van der Waals surface area contributed by atoms with Gasteiger partial charge >= 0.3 is 0 Å². The van der Waals surface area contributed by atoms with E-state index in [-0.39, 0.29) is 0 Å². The summed E-state index contributed by atoms with van der Waals surface area (Å²) in [4.78, 5) is 4.19. The largest absolute Gasteiger partial charge is 0.493 e. The molecule has 0 aliphatic rings. The molecule has 0 bridgehead atoms. The van der Waals surface area contributed by atoms with E-state index in [1.165, 1.54) is 11.9 Å². The highest BCUT2D eigenvalue weighted by atomic mass is 16.5. The van der Waals surface area contributed by atoms with Gasteiger partial charge in [-0.1, -0.05) is 41.1 Å². The maximum Gasteiger partial charge on any atom is 0.258 e. The lowest BCUT2D eigenvalue weighted by Gasteiger charge is -2.09. The van der Waals surface area contributed by atoms with Gasteiger partial charge in [-0.25, -0.2) is 0 Å². The van der Waals surface area contributed by atoms with E-state index in [2.05, 4.69) is 10.1 Å². The molecule has 0 N–H and O–H groups in total. The molecule has 2 aromatic carbocycles. The van der Waals surface area contributed by atoms with E-state index >= 15 is 0 Å². The molecular weight excluding hydrogens is 304 g/mol. The van der Waals surface area contributed by atoms with Crippen LogP contribution < -0.4 is 9.47 Å². The number of rotatable bonds is 5. The zero-order chi connectivity index (χ0) is 16.9. The van der Waals surface area contributed by atoms with Gasteiger partial charge in [0.2, 0.25) is 0 Å². The van der Waals surface area contributed by atoms with Crippen molar-refractivity contribution < 1.29 is 14.0 Å². The number of nitrogens with zero attached hydrogens (tertiary/aromatic N) is 2. The van der Waals surface area contributed by atoms with Crippen molar-refractivity contribution in [1.82, 2.24) is 10.1 Å². The molecule has 3 aromatic rings. The van der Waals surface area contributed by atoms with E-state index < -0.39 is 0 Å². The van der Waals surface area contributed by atoms with Crippen LogP contribution in [0.25, 0.3) is 11.6 Å². The fraction of sp³-hybridized carbons (Fsp3) is 0.158. The summed E-state index contributed by atoms with van der Waals surface area (Å²) in [6.07, 6.45) is 3.38. The van der Waals surface area contributed by atoms with Gasteiger partial charge in [-0.05, 0) is 36.3 Å². The van der Waals surface area contributed by atoms with E-state index in [4.69, 9.17) is 14.0 Å². The number of methoxy groups -OCH3 is 2. The SMILES string of the molecule is COc1ccc(/C=C(\c2ccc(C)cc2)c2ncno2)cc1OC. The van der Waals surface area contributed by atoms with Crippen LogP contribution in [-0.4, -0.2) is 24.4 Å². The van der Waals surface area contributed by atoms with Crippen LogP contribution in [0.1, 0.15) is 22.6 Å². The van der Waals surface area contributed by atoms with Crippen LogP contribution in [-0.2, 0) is 0 Å². The lowest BCUT2D eigenvalue weighted by molar-refractivity contribution is 0.355. The molecule has 0 spiro atoms. The van der Waals surface area contributed by atoms with Crippen molar-refractivity contribution in [3.8, 4) is 11.5 Å². The Bertz CT molecular complexity index is 838. The third-order valence-electron chi connectivity index (χ3n) is 3.67. The molecule has 0 saturated heterocycles. The molecule has 0 radical (unpaired) electrons. The summed E-state index contributed by atoms with van der Waals surface area (Å²) < 4.78 is 15.9. The van der Waals surface area contributed by atoms with Gasteiger partial charge in [-0.15, -0.1) is 0 Å². The molecule has 0 unspecified atom stereocenters. The van der Waals surface area contributed by atoms with Crippen molar-refractivity contribution in [3.05, 3.63) is 71.4 Å². The zero-order valence-electron chi connectivity index (χ0n) is 13.8. The molecule has 0 aliphatic carbocycles. The van der Waals surface area contributed by atoms with Crippen molar-refractivity contribution in [2.45, 2.75) is 6.92 Å². The first-order valence-corrected chi connectivity index (χ1v) is 7.49. The highest BCUT2D eigenvalue weighted by Gasteiger charge is 2.12. The lowest BCUT2D eigenvalue weighted by atomic mass is 10.0. The molecule has 122 valence electrons. The smallest absolute Gasteiger partial charge is 0.258 e. The van der Waals surface area contributed by atoms with E-state index in [0.29, 0.717) is 17.4 Å². The van der Waals surface area contributed by atoms with Gasteiger partial charge in [-0.2, -0.15) is 4.98 Å². The van der Waals surface area contributed by atoms with Crippen LogP contribution in [0.15, 0.2) is 53.3 Å². The Labute approximate surface area is 140 Å². The summed E-state index contributed by atoms with van der Waals surface area (Å²) in [6.45, 7) is 2.05. The Balaban J connectivity index is 2.09. The zero-order valence-corrected chi connectivity index (χ0v) is 13.8. The van der Waals surface area contributed by atoms with Crippen LogP contribution in [0.2, 0.25) is 0 Å². The first-order chi connectivity index (χ1) is 11.7. The molecule has 0 amide bonds. The Morgan fingerprint density at radius 1 is 1.00 bits per heavy atom. The van der Waals surface area contributed by atoms with Crippen LogP contribution in [0.5, 0.6) is 11.5 Å². The Morgan fingerprint density at radius 2 is 1.75 bits per heavy atom. The van der Waals surface area contributed by atoms with Crippen LogP contribution in [0, 0.1) is 6.92 Å². The van der Waals surface area contributed by atoms with Crippen LogP contribution in [0.3, 0.4) is 0 Å². The first kappa shape index (κ1) is 15.8. The summed E-state index contributed by atoms with van der Waals surface area (Å²) in [5, 5.41) is 3.72. The van der Waals surface area contributed by atoms with Crippen molar-refractivity contribution >= 4 is 11.6 Å². The summed E-state index contributed by atoms with van der Waals surface area (Å²) in [5.41, 5.74) is 3.98. The van der Waals surface area contributed by atoms with E-state index in [1.54, 1.807) is 14.2 Å². The molecule has 1 heterocycles. The molecule has 0 saturated carbocycles. The Hall–Kier alpha value is -3.08. The van der Waals surface area contributed by atoms with Crippen LogP contribution >= 0.6 is 0 Å². The monoisotopic (exact) mass is 322 g/mol. The van der Waals surface area contributed by atoms with Crippen molar-refractivity contribution in [3.63, 3.8) is 0 Å². The maximum atomic E-state index is 5.36. The Morgan fingerprint density at radius 3 is 2.38 bits per heavy atom. The fourth-order valence-corrected chi connectivity index (χ4v) is 2.40. The van der Waals surface area contributed by atoms with Crippen molar-refractivity contribution in [1.29, 1.82) is 0 Å². The topological polar surface area (TPSA) is 57.4 Å². The molecule has 24 heavy (non-hydrogen) atoms. The van der Waals surface area contributed by atoms with Gasteiger partial charge in [0.25, 0.3) is 5.89 Å². The molecule has 3 rings (SSSR count). The fourth-order valence-electron chi connectivity index (χ4n) is 2.40. The van der Waals surface area contributed by atoms with Crippen molar-refractivity contribution in [2.24, 2.45) is 0 Å². The second-order valence-electron chi connectivity index (χ2n) is 5.28. The third kappa shape index (κ3) is 3.30. The highest BCUT2D eigenvalue weighted by molar-refractivity contribution is 5.88. The van der Waals surface area contributed by atoms with Gasteiger partial charge in [0, 0.05) is 5.57 Å². The average Bonchev–Trinajstić information content (AvgIpc) is 3.14. The number of ether oxygens (including phenoxy) is 2. The predicted octanol–water partition coefficient (Wildman–Crippen LogP) is 3.98. The second kappa shape index (κ2) is 7.00.